The summed E-state index contributed by atoms with van der Waals surface area (Å²) < 4.78 is 23.4. The second-order valence-corrected chi connectivity index (χ2v) is 5.43. The van der Waals surface area contributed by atoms with Gasteiger partial charge in [0, 0.05) is 5.92 Å². The van der Waals surface area contributed by atoms with Crippen LogP contribution in [0.4, 0.5) is 0 Å². The molecule has 0 bridgehead atoms. The van der Waals surface area contributed by atoms with Crippen LogP contribution in [-0.2, 0) is 18.9 Å². The molecule has 4 aliphatic rings. The van der Waals surface area contributed by atoms with Crippen molar-refractivity contribution in [2.75, 3.05) is 13.2 Å². The van der Waals surface area contributed by atoms with Crippen molar-refractivity contribution in [2.24, 2.45) is 5.92 Å². The Morgan fingerprint density at radius 1 is 1.11 bits per heavy atom. The molecule has 0 saturated carbocycles. The summed E-state index contributed by atoms with van der Waals surface area (Å²) in [7, 11) is 0. The highest BCUT2D eigenvalue weighted by Gasteiger charge is 2.50. The van der Waals surface area contributed by atoms with E-state index in [4.69, 9.17) is 18.9 Å². The molecule has 4 unspecified atom stereocenters. The summed E-state index contributed by atoms with van der Waals surface area (Å²) in [6, 6.07) is 0. The van der Waals surface area contributed by atoms with Gasteiger partial charge in [0.1, 0.15) is 6.10 Å². The first kappa shape index (κ1) is 11.9. The minimum atomic E-state index is -1.31. The molecule has 4 nitrogen and oxygen atoms in total. The van der Waals surface area contributed by atoms with Gasteiger partial charge in [-0.2, -0.15) is 0 Å². The molecule has 2 fully saturated rings. The zero-order valence-corrected chi connectivity index (χ0v) is 10.8. The Morgan fingerprint density at radius 3 is 3.11 bits per heavy atom. The van der Waals surface area contributed by atoms with Crippen LogP contribution in [-0.4, -0.2) is 31.6 Å². The smallest absolute Gasteiger partial charge is 0.303 e. The largest absolute Gasteiger partial charge is 0.414 e. The van der Waals surface area contributed by atoms with Crippen LogP contribution in [0.25, 0.3) is 0 Å². The Morgan fingerprint density at radius 2 is 2.11 bits per heavy atom. The van der Waals surface area contributed by atoms with Gasteiger partial charge in [0.2, 0.25) is 0 Å². The molecule has 19 heavy (non-hydrogen) atoms. The lowest BCUT2D eigenvalue weighted by molar-refractivity contribution is -0.537. The van der Waals surface area contributed by atoms with Crippen molar-refractivity contribution in [3.8, 4) is 0 Å². The highest BCUT2D eigenvalue weighted by Crippen LogP contribution is 2.39. The molecule has 0 aromatic carbocycles. The van der Waals surface area contributed by atoms with Crippen LogP contribution in [0.3, 0.4) is 0 Å². The molecule has 0 radical (unpaired) electrons. The number of ether oxygens (including phenoxy) is 4. The quantitative estimate of drug-likeness (QED) is 0.628. The molecule has 0 N–H and O–H groups in total. The van der Waals surface area contributed by atoms with Crippen LogP contribution >= 0.6 is 0 Å². The van der Waals surface area contributed by atoms with Gasteiger partial charge < -0.3 is 4.74 Å². The fourth-order valence-electron chi connectivity index (χ4n) is 3.00. The molecule has 2 aliphatic carbocycles. The topological polar surface area (TPSA) is 36.9 Å². The van der Waals surface area contributed by atoms with Gasteiger partial charge in [-0.15, -0.1) is 0 Å². The molecule has 2 saturated heterocycles. The first-order valence-electron chi connectivity index (χ1n) is 7.00. The van der Waals surface area contributed by atoms with Gasteiger partial charge >= 0.3 is 6.16 Å². The summed E-state index contributed by atoms with van der Waals surface area (Å²) >= 11 is 0. The van der Waals surface area contributed by atoms with Crippen molar-refractivity contribution in [2.45, 2.75) is 37.6 Å². The molecule has 0 aromatic rings. The molecule has 0 aromatic heterocycles. The van der Waals surface area contributed by atoms with Crippen molar-refractivity contribution < 1.29 is 18.9 Å². The van der Waals surface area contributed by atoms with Gasteiger partial charge in [-0.25, -0.2) is 0 Å². The molecular weight excluding hydrogens is 244 g/mol. The average Bonchev–Trinajstić information content (AvgIpc) is 2.47. The Balaban J connectivity index is 1.53. The van der Waals surface area contributed by atoms with E-state index >= 15 is 0 Å². The maximum Gasteiger partial charge on any atom is 0.414 e. The highest BCUT2D eigenvalue weighted by atomic mass is 17.0. The maximum absolute atomic E-state index is 5.95. The lowest BCUT2D eigenvalue weighted by Crippen LogP contribution is -2.56. The number of rotatable bonds is 0. The van der Waals surface area contributed by atoms with Crippen LogP contribution in [0.1, 0.15) is 19.3 Å². The average molecular weight is 262 g/mol. The van der Waals surface area contributed by atoms with Crippen molar-refractivity contribution in [3.05, 3.63) is 36.0 Å². The third-order valence-corrected chi connectivity index (χ3v) is 4.13. The van der Waals surface area contributed by atoms with Crippen molar-refractivity contribution in [3.63, 3.8) is 0 Å². The van der Waals surface area contributed by atoms with Crippen LogP contribution in [0.15, 0.2) is 36.0 Å². The monoisotopic (exact) mass is 262 g/mol. The minimum absolute atomic E-state index is 0.0422. The fraction of sp³-hybridized carbons (Fsp3) is 0.600. The van der Waals surface area contributed by atoms with E-state index in [-0.39, 0.29) is 12.2 Å². The second-order valence-electron chi connectivity index (χ2n) is 5.43. The molecular formula is C15H18O4. The van der Waals surface area contributed by atoms with Crippen LogP contribution in [0, 0.1) is 5.92 Å². The van der Waals surface area contributed by atoms with Crippen molar-refractivity contribution in [1.29, 1.82) is 0 Å². The van der Waals surface area contributed by atoms with E-state index in [2.05, 4.69) is 30.4 Å². The SMILES string of the molecule is C1=CC2OC3(OCC2=CC1)OCC1CCC=CC1O3. The van der Waals surface area contributed by atoms with E-state index in [1.807, 2.05) is 0 Å². The lowest BCUT2D eigenvalue weighted by Gasteiger charge is -2.46. The van der Waals surface area contributed by atoms with Gasteiger partial charge in [-0.3, -0.25) is 14.2 Å². The van der Waals surface area contributed by atoms with Crippen molar-refractivity contribution in [1.82, 2.24) is 0 Å². The summed E-state index contributed by atoms with van der Waals surface area (Å²) in [5, 5.41) is 0. The molecule has 0 amide bonds. The van der Waals surface area contributed by atoms with E-state index in [1.54, 1.807) is 0 Å². The third kappa shape index (κ3) is 2.09. The van der Waals surface area contributed by atoms with Crippen molar-refractivity contribution >= 4 is 0 Å². The molecule has 4 atom stereocenters. The zero-order chi connectivity index (χ0) is 12.7. The standard InChI is InChI=1S/C15H18O4/c1-3-7-13-11(5-1)9-16-15(18-13)17-10-12-6-2-4-8-14(12)19-15/h3-5,7-8,12-14H,1-2,6,9-10H2. The number of fused-ring (bicyclic) bond motifs is 2. The Labute approximate surface area is 112 Å². The maximum atomic E-state index is 5.95. The summed E-state index contributed by atoms with van der Waals surface area (Å²) in [6.07, 6.45) is 12.4. The lowest BCUT2D eigenvalue weighted by atomic mass is 9.92. The first-order chi connectivity index (χ1) is 9.35. The molecule has 4 heteroatoms. The number of allylic oxidation sites excluding steroid dienone is 3. The molecule has 2 heterocycles. The predicted octanol–water partition coefficient (Wildman–Crippen LogP) is 2.28. The van der Waals surface area contributed by atoms with Crippen LogP contribution in [0.5, 0.6) is 0 Å². The van der Waals surface area contributed by atoms with Crippen LogP contribution < -0.4 is 0 Å². The van der Waals surface area contributed by atoms with E-state index in [9.17, 15) is 0 Å². The molecule has 2 aliphatic heterocycles. The molecule has 102 valence electrons. The normalized spacial score (nSPS) is 44.6. The zero-order valence-electron chi connectivity index (χ0n) is 10.8. The number of hydrogen-bond acceptors (Lipinski definition) is 4. The number of hydrogen-bond donors (Lipinski definition) is 0. The first-order valence-corrected chi connectivity index (χ1v) is 7.00. The van der Waals surface area contributed by atoms with Gasteiger partial charge in [-0.05, 0) is 24.8 Å². The highest BCUT2D eigenvalue weighted by molar-refractivity contribution is 5.23. The molecule has 1 spiro atoms. The Bertz CT molecular complexity index is 453. The summed E-state index contributed by atoms with van der Waals surface area (Å²) in [6.45, 7) is 1.14. The minimum Gasteiger partial charge on any atom is -0.303 e. The van der Waals surface area contributed by atoms with Gasteiger partial charge in [-0.1, -0.05) is 30.4 Å². The predicted molar refractivity (Wildman–Crippen MR) is 68.1 cm³/mol. The molecule has 4 rings (SSSR count). The third-order valence-electron chi connectivity index (χ3n) is 4.13. The van der Waals surface area contributed by atoms with E-state index in [0.29, 0.717) is 19.1 Å². The second kappa shape index (κ2) is 4.56. The van der Waals surface area contributed by atoms with E-state index in [1.165, 1.54) is 0 Å². The fourth-order valence-corrected chi connectivity index (χ4v) is 3.00. The Hall–Kier alpha value is -0.940. The Kier molecular flexibility index (Phi) is 2.84. The van der Waals surface area contributed by atoms with Gasteiger partial charge in [0.15, 0.2) is 0 Å². The van der Waals surface area contributed by atoms with Gasteiger partial charge in [0.25, 0.3) is 0 Å². The summed E-state index contributed by atoms with van der Waals surface area (Å²) in [5.41, 5.74) is 1.15. The van der Waals surface area contributed by atoms with Crippen LogP contribution in [0.2, 0.25) is 0 Å². The summed E-state index contributed by atoms with van der Waals surface area (Å²) in [4.78, 5) is 0. The summed E-state index contributed by atoms with van der Waals surface area (Å²) in [5.74, 6) is 0.418. The van der Waals surface area contributed by atoms with E-state index < -0.39 is 6.16 Å². The van der Waals surface area contributed by atoms with Gasteiger partial charge in [0.05, 0.1) is 19.3 Å². The van der Waals surface area contributed by atoms with E-state index in [0.717, 1.165) is 24.8 Å².